The first-order chi connectivity index (χ1) is 13.8. The summed E-state index contributed by atoms with van der Waals surface area (Å²) in [6.07, 6.45) is 2.13. The number of amides is 1. The molecule has 1 aromatic carbocycles. The van der Waals surface area contributed by atoms with Crippen molar-refractivity contribution in [1.29, 1.82) is 0 Å². The lowest BCUT2D eigenvalue weighted by Gasteiger charge is -2.14. The molecule has 0 spiro atoms. The van der Waals surface area contributed by atoms with Crippen LogP contribution in [0, 0.1) is 5.82 Å². The lowest BCUT2D eigenvalue weighted by Crippen LogP contribution is -2.21. The van der Waals surface area contributed by atoms with E-state index in [1.54, 1.807) is 18.2 Å². The van der Waals surface area contributed by atoms with Crippen molar-refractivity contribution in [2.45, 2.75) is 4.90 Å². The highest BCUT2D eigenvalue weighted by atomic mass is 32.2. The Hall–Kier alpha value is -3.60. The molecule has 3 aromatic rings. The summed E-state index contributed by atoms with van der Waals surface area (Å²) in [6, 6.07) is 10.4. The lowest BCUT2D eigenvalue weighted by molar-refractivity contribution is 0.0958. The largest absolute Gasteiger partial charge is 0.354 e. The lowest BCUT2D eigenvalue weighted by atomic mass is 10.2. The Morgan fingerprint density at radius 3 is 2.41 bits per heavy atom. The van der Waals surface area contributed by atoms with Gasteiger partial charge in [-0.1, -0.05) is 12.1 Å². The highest BCUT2D eigenvalue weighted by molar-refractivity contribution is 7.90. The van der Waals surface area contributed by atoms with Gasteiger partial charge < -0.3 is 16.0 Å². The number of carbonyl (C=O) groups excluding carboxylic acids is 1. The summed E-state index contributed by atoms with van der Waals surface area (Å²) in [6.45, 7) is 0. The summed E-state index contributed by atoms with van der Waals surface area (Å²) >= 11 is 0. The highest BCUT2D eigenvalue weighted by Gasteiger charge is 2.18. The second-order valence-corrected chi connectivity index (χ2v) is 7.94. The number of pyridine rings is 1. The minimum absolute atomic E-state index is 0.0339. The Morgan fingerprint density at radius 2 is 1.76 bits per heavy atom. The smallest absolute Gasteiger partial charge is 0.273 e. The molecule has 0 unspecified atom stereocenters. The zero-order valence-corrected chi connectivity index (χ0v) is 16.3. The molecule has 2 aromatic heterocycles. The second-order valence-electron chi connectivity index (χ2n) is 5.95. The molecule has 0 aliphatic rings. The van der Waals surface area contributed by atoms with Crippen LogP contribution in [0.1, 0.15) is 10.5 Å². The predicted octanol–water partition coefficient (Wildman–Crippen LogP) is 2.26. The Bertz CT molecular complexity index is 1150. The van der Waals surface area contributed by atoms with Gasteiger partial charge in [0.1, 0.15) is 11.6 Å². The fraction of sp³-hybridized carbons (Fsp3) is 0.111. The zero-order valence-electron chi connectivity index (χ0n) is 15.5. The number of para-hydroxylation sites is 1. The number of aromatic nitrogens is 3. The predicted molar refractivity (Wildman–Crippen MR) is 106 cm³/mol. The minimum Gasteiger partial charge on any atom is -0.354 e. The molecule has 29 heavy (non-hydrogen) atoms. The number of anilines is 4. The molecular formula is C18H17FN6O3S. The molecule has 0 aliphatic heterocycles. The average Bonchev–Trinajstić information content (AvgIpc) is 2.69. The van der Waals surface area contributed by atoms with E-state index in [1.807, 2.05) is 0 Å². The van der Waals surface area contributed by atoms with E-state index in [0.717, 1.165) is 12.5 Å². The monoisotopic (exact) mass is 416 g/mol. The first-order valence-corrected chi connectivity index (χ1v) is 10.2. The van der Waals surface area contributed by atoms with Gasteiger partial charge in [0.15, 0.2) is 21.3 Å². The van der Waals surface area contributed by atoms with E-state index in [1.165, 1.54) is 31.3 Å². The van der Waals surface area contributed by atoms with Gasteiger partial charge in [0, 0.05) is 19.4 Å². The van der Waals surface area contributed by atoms with Gasteiger partial charge in [0.2, 0.25) is 0 Å². The van der Waals surface area contributed by atoms with Gasteiger partial charge in [-0.15, -0.1) is 10.2 Å². The van der Waals surface area contributed by atoms with Crippen molar-refractivity contribution in [2.75, 3.05) is 23.9 Å². The molecule has 0 fully saturated rings. The van der Waals surface area contributed by atoms with Gasteiger partial charge in [-0.05, 0) is 24.3 Å². The van der Waals surface area contributed by atoms with Crippen molar-refractivity contribution >= 4 is 38.8 Å². The molecule has 0 atom stereocenters. The molecule has 0 aliphatic carbocycles. The summed E-state index contributed by atoms with van der Waals surface area (Å²) in [7, 11) is -2.08. The summed E-state index contributed by atoms with van der Waals surface area (Å²) in [5.74, 6) is -0.466. The van der Waals surface area contributed by atoms with Crippen molar-refractivity contribution < 1.29 is 17.6 Å². The third kappa shape index (κ3) is 4.82. The average molecular weight is 416 g/mol. The van der Waals surface area contributed by atoms with Gasteiger partial charge in [-0.25, -0.2) is 17.8 Å². The Labute approximate surface area is 166 Å². The van der Waals surface area contributed by atoms with Crippen molar-refractivity contribution in [2.24, 2.45) is 0 Å². The summed E-state index contributed by atoms with van der Waals surface area (Å²) in [5, 5.41) is 16.1. The molecule has 150 valence electrons. The molecule has 0 bridgehead atoms. The van der Waals surface area contributed by atoms with Gasteiger partial charge in [0.05, 0.1) is 22.5 Å². The SMILES string of the molecule is CNC(=O)c1nnc(Nc2ccc(F)cn2)cc1Nc1ccccc1S(C)(=O)=O. The van der Waals surface area contributed by atoms with Crippen LogP contribution in [-0.4, -0.2) is 42.8 Å². The van der Waals surface area contributed by atoms with Gasteiger partial charge in [-0.2, -0.15) is 0 Å². The highest BCUT2D eigenvalue weighted by Crippen LogP contribution is 2.27. The Morgan fingerprint density at radius 1 is 1.00 bits per heavy atom. The molecule has 9 nitrogen and oxygen atoms in total. The van der Waals surface area contributed by atoms with E-state index in [9.17, 15) is 17.6 Å². The van der Waals surface area contributed by atoms with Crippen LogP contribution in [0.5, 0.6) is 0 Å². The number of hydrogen-bond acceptors (Lipinski definition) is 8. The first-order valence-electron chi connectivity index (χ1n) is 8.32. The van der Waals surface area contributed by atoms with Crippen LogP contribution in [-0.2, 0) is 9.84 Å². The zero-order chi connectivity index (χ0) is 21.0. The Kier molecular flexibility index (Phi) is 5.69. The standard InChI is InChI=1S/C18H17FN6O3S/c1-20-18(26)17-13(22-12-5-3-4-6-14(12)29(2,27)28)9-16(24-25-17)23-15-8-7-11(19)10-21-15/h3-10H,1-2H3,(H,20,26)(H2,21,22,23,24). The van der Waals surface area contributed by atoms with Crippen LogP contribution in [0.15, 0.2) is 53.6 Å². The number of sulfone groups is 1. The maximum Gasteiger partial charge on any atom is 0.273 e. The van der Waals surface area contributed by atoms with Crippen LogP contribution in [0.2, 0.25) is 0 Å². The second kappa shape index (κ2) is 8.19. The maximum absolute atomic E-state index is 13.0. The van der Waals surface area contributed by atoms with Crippen LogP contribution in [0.4, 0.5) is 27.4 Å². The van der Waals surface area contributed by atoms with Gasteiger partial charge in [-0.3, -0.25) is 4.79 Å². The van der Waals surface area contributed by atoms with E-state index in [0.29, 0.717) is 5.82 Å². The summed E-state index contributed by atoms with van der Waals surface area (Å²) in [5.41, 5.74) is 0.465. The van der Waals surface area contributed by atoms with E-state index < -0.39 is 21.6 Å². The minimum atomic E-state index is -3.52. The van der Waals surface area contributed by atoms with Crippen molar-refractivity contribution in [3.05, 3.63) is 60.2 Å². The number of hydrogen-bond donors (Lipinski definition) is 3. The van der Waals surface area contributed by atoms with E-state index in [4.69, 9.17) is 0 Å². The van der Waals surface area contributed by atoms with Crippen molar-refractivity contribution in [1.82, 2.24) is 20.5 Å². The van der Waals surface area contributed by atoms with E-state index >= 15 is 0 Å². The van der Waals surface area contributed by atoms with Crippen LogP contribution in [0.25, 0.3) is 0 Å². The number of rotatable bonds is 6. The van der Waals surface area contributed by atoms with Crippen LogP contribution in [0.3, 0.4) is 0 Å². The van der Waals surface area contributed by atoms with Crippen molar-refractivity contribution in [3.63, 3.8) is 0 Å². The number of nitrogens with zero attached hydrogens (tertiary/aromatic N) is 3. The van der Waals surface area contributed by atoms with Crippen LogP contribution >= 0.6 is 0 Å². The van der Waals surface area contributed by atoms with Crippen molar-refractivity contribution in [3.8, 4) is 0 Å². The molecule has 1 amide bonds. The molecule has 3 N–H and O–H groups in total. The van der Waals surface area contributed by atoms with Gasteiger partial charge >= 0.3 is 0 Å². The summed E-state index contributed by atoms with van der Waals surface area (Å²) < 4.78 is 37.1. The van der Waals surface area contributed by atoms with Crippen LogP contribution < -0.4 is 16.0 Å². The fourth-order valence-corrected chi connectivity index (χ4v) is 3.30. The summed E-state index contributed by atoms with van der Waals surface area (Å²) in [4.78, 5) is 16.1. The molecule has 3 rings (SSSR count). The number of carbonyl (C=O) groups is 1. The molecule has 0 saturated carbocycles. The molecule has 0 radical (unpaired) electrons. The number of nitrogens with one attached hydrogen (secondary N) is 3. The number of halogens is 1. The molecular weight excluding hydrogens is 399 g/mol. The fourth-order valence-electron chi connectivity index (χ4n) is 2.45. The normalized spacial score (nSPS) is 11.0. The quantitative estimate of drug-likeness (QED) is 0.559. The molecule has 0 saturated heterocycles. The third-order valence-corrected chi connectivity index (χ3v) is 4.93. The Balaban J connectivity index is 2.01. The first kappa shape index (κ1) is 20.1. The number of benzene rings is 1. The van der Waals surface area contributed by atoms with Gasteiger partial charge in [0.25, 0.3) is 5.91 Å². The topological polar surface area (TPSA) is 126 Å². The van der Waals surface area contributed by atoms with E-state index in [2.05, 4.69) is 31.1 Å². The van der Waals surface area contributed by atoms with E-state index in [-0.39, 0.29) is 27.8 Å². The maximum atomic E-state index is 13.0. The molecule has 2 heterocycles. The molecule has 11 heteroatoms. The third-order valence-electron chi connectivity index (χ3n) is 3.78.